The van der Waals surface area contributed by atoms with Crippen LogP contribution < -0.4 is 15.8 Å². The van der Waals surface area contributed by atoms with E-state index in [1.807, 2.05) is 18.2 Å². The number of esters is 1. The summed E-state index contributed by atoms with van der Waals surface area (Å²) in [7, 11) is 0. The van der Waals surface area contributed by atoms with Crippen molar-refractivity contribution in [1.29, 1.82) is 0 Å². The van der Waals surface area contributed by atoms with E-state index in [1.54, 1.807) is 22.5 Å². The third kappa shape index (κ3) is 3.40. The van der Waals surface area contributed by atoms with E-state index in [2.05, 4.69) is 12.2 Å². The van der Waals surface area contributed by atoms with Gasteiger partial charge >= 0.3 is 12.0 Å². The van der Waals surface area contributed by atoms with Crippen LogP contribution in [-0.2, 0) is 28.3 Å². The molecule has 1 aromatic carbocycles. The molecule has 0 saturated carbocycles. The lowest BCUT2D eigenvalue weighted by Crippen LogP contribution is -2.44. The maximum atomic E-state index is 13.6. The molecule has 0 radical (unpaired) electrons. The molecule has 0 saturated heterocycles. The summed E-state index contributed by atoms with van der Waals surface area (Å²) in [6.45, 7) is 4.50. The van der Waals surface area contributed by atoms with E-state index < -0.39 is 11.6 Å². The summed E-state index contributed by atoms with van der Waals surface area (Å²) in [5, 5.41) is 15.0. The molecule has 9 heteroatoms. The maximum Gasteiger partial charge on any atom is 0.343 e. The number of carbonyl (C=O) groups excluding carboxylic acids is 2. The molecule has 3 aromatic rings. The number of unbranched alkanes of at least 4 members (excludes halogenated alkanes) is 4. The number of nitrogens with one attached hydrogen (secondary N) is 1. The van der Waals surface area contributed by atoms with Gasteiger partial charge in [-0.15, -0.1) is 0 Å². The zero-order valence-corrected chi connectivity index (χ0v) is 21.1. The minimum atomic E-state index is -1.88. The molecule has 6 rings (SSSR count). The number of hydrogen-bond donors (Lipinski definition) is 2. The highest BCUT2D eigenvalue weighted by Gasteiger charge is 2.46. The van der Waals surface area contributed by atoms with Gasteiger partial charge in [-0.3, -0.25) is 9.69 Å². The second kappa shape index (κ2) is 8.69. The number of pyridine rings is 2. The molecule has 0 fully saturated rings. The maximum absolute atomic E-state index is 13.6. The third-order valence-electron chi connectivity index (χ3n) is 7.93. The van der Waals surface area contributed by atoms with Crippen molar-refractivity contribution in [2.45, 2.75) is 71.1 Å². The average Bonchev–Trinajstić information content (AvgIpc) is 3.26. The standard InChI is InChI=1S/C28H30N4O5/c1-3-5-6-7-8-12-31-24-16-14-32-21(13-18-17(25(32)33)15-37-26(34)28(18,36)4-2)23(16)29-19-10-9-11-20(22(19)24)30-27(31)35/h9-11,13,36H,3-8,12,14-15H2,1-2H3,(H,30,35). The topological polar surface area (TPSA) is 114 Å². The molecule has 0 spiro atoms. The number of cyclic esters (lactones) is 1. The number of urea groups is 1. The monoisotopic (exact) mass is 502 g/mol. The van der Waals surface area contributed by atoms with Crippen LogP contribution in [0.5, 0.6) is 0 Å². The highest BCUT2D eigenvalue weighted by Crippen LogP contribution is 2.46. The van der Waals surface area contributed by atoms with Gasteiger partial charge in [0.25, 0.3) is 5.56 Å². The van der Waals surface area contributed by atoms with Crippen LogP contribution in [0.1, 0.15) is 69.1 Å². The van der Waals surface area contributed by atoms with Crippen molar-refractivity contribution in [3.05, 3.63) is 51.3 Å². The van der Waals surface area contributed by atoms with E-state index in [0.717, 1.165) is 42.3 Å². The van der Waals surface area contributed by atoms with Crippen molar-refractivity contribution < 1.29 is 19.4 Å². The van der Waals surface area contributed by atoms with Gasteiger partial charge in [0.05, 0.1) is 40.4 Å². The smallest absolute Gasteiger partial charge is 0.343 e. The van der Waals surface area contributed by atoms with Crippen molar-refractivity contribution in [1.82, 2.24) is 9.55 Å². The molecule has 5 heterocycles. The molecule has 3 aliphatic heterocycles. The first kappa shape index (κ1) is 23.7. The number of benzene rings is 1. The Labute approximate surface area is 214 Å². The fraction of sp³-hybridized carbons (Fsp3) is 0.429. The summed E-state index contributed by atoms with van der Waals surface area (Å²) in [4.78, 5) is 46.1. The van der Waals surface area contributed by atoms with Crippen molar-refractivity contribution in [2.24, 2.45) is 0 Å². The number of rotatable bonds is 7. The van der Waals surface area contributed by atoms with Crippen LogP contribution in [0.4, 0.5) is 16.2 Å². The van der Waals surface area contributed by atoms with Crippen LogP contribution in [0.25, 0.3) is 22.3 Å². The molecule has 1 unspecified atom stereocenters. The quantitative estimate of drug-likeness (QED) is 0.286. The molecular weight excluding hydrogens is 472 g/mol. The number of carbonyl (C=O) groups is 2. The van der Waals surface area contributed by atoms with E-state index in [-0.39, 0.29) is 42.3 Å². The zero-order valence-electron chi connectivity index (χ0n) is 21.1. The first-order valence-corrected chi connectivity index (χ1v) is 13.1. The van der Waals surface area contributed by atoms with E-state index in [9.17, 15) is 19.5 Å². The number of amides is 2. The van der Waals surface area contributed by atoms with Crippen molar-refractivity contribution in [3.8, 4) is 11.4 Å². The Bertz CT molecular complexity index is 1530. The third-order valence-corrected chi connectivity index (χ3v) is 7.93. The van der Waals surface area contributed by atoms with E-state index in [0.29, 0.717) is 29.1 Å². The Balaban J connectivity index is 1.53. The van der Waals surface area contributed by atoms with E-state index in [4.69, 9.17) is 9.72 Å². The lowest BCUT2D eigenvalue weighted by Gasteiger charge is -2.31. The van der Waals surface area contributed by atoms with Crippen molar-refractivity contribution in [2.75, 3.05) is 16.8 Å². The lowest BCUT2D eigenvalue weighted by molar-refractivity contribution is -0.172. The van der Waals surface area contributed by atoms with Crippen LogP contribution in [-0.4, -0.2) is 33.2 Å². The number of fused-ring (bicyclic) bond motifs is 5. The second-order valence-corrected chi connectivity index (χ2v) is 10.1. The SMILES string of the molecule is CCCCCCCN1C(=O)Nc2cccc3nc4c(c1c23)Cn1c-4cc2c(c1=O)COC(=O)C2(O)CC. The lowest BCUT2D eigenvalue weighted by atomic mass is 9.86. The highest BCUT2D eigenvalue weighted by molar-refractivity contribution is 6.19. The summed E-state index contributed by atoms with van der Waals surface area (Å²) in [5.41, 5.74) is 2.52. The molecule has 2 N–H and O–H groups in total. The average molecular weight is 503 g/mol. The summed E-state index contributed by atoms with van der Waals surface area (Å²) < 4.78 is 6.80. The van der Waals surface area contributed by atoms with Gasteiger partial charge in [0, 0.05) is 23.1 Å². The van der Waals surface area contributed by atoms with Gasteiger partial charge in [-0.1, -0.05) is 45.6 Å². The summed E-state index contributed by atoms with van der Waals surface area (Å²) in [6, 6.07) is 7.14. The van der Waals surface area contributed by atoms with Gasteiger partial charge in [0.1, 0.15) is 6.61 Å². The van der Waals surface area contributed by atoms with Crippen LogP contribution in [0.2, 0.25) is 0 Å². The molecular formula is C28H30N4O5. The van der Waals surface area contributed by atoms with Crippen LogP contribution in [0.15, 0.2) is 29.1 Å². The van der Waals surface area contributed by atoms with Crippen LogP contribution in [0.3, 0.4) is 0 Å². The number of ether oxygens (including phenoxy) is 1. The van der Waals surface area contributed by atoms with Gasteiger partial charge in [-0.05, 0) is 31.0 Å². The molecule has 9 nitrogen and oxygen atoms in total. The van der Waals surface area contributed by atoms with Gasteiger partial charge in [0.15, 0.2) is 5.60 Å². The normalized spacial score (nSPS) is 19.4. The molecule has 2 aromatic heterocycles. The molecule has 0 bridgehead atoms. The summed E-state index contributed by atoms with van der Waals surface area (Å²) in [6.07, 6.45) is 5.43. The molecule has 1 atom stereocenters. The number of hydrogen-bond acceptors (Lipinski definition) is 6. The molecule has 0 aliphatic carbocycles. The van der Waals surface area contributed by atoms with E-state index >= 15 is 0 Å². The van der Waals surface area contributed by atoms with Crippen LogP contribution in [0, 0.1) is 0 Å². The molecule has 192 valence electrons. The second-order valence-electron chi connectivity index (χ2n) is 10.1. The van der Waals surface area contributed by atoms with Crippen LogP contribution >= 0.6 is 0 Å². The van der Waals surface area contributed by atoms with Crippen molar-refractivity contribution in [3.63, 3.8) is 0 Å². The largest absolute Gasteiger partial charge is 0.458 e. The van der Waals surface area contributed by atoms with Gasteiger partial charge in [0.2, 0.25) is 0 Å². The highest BCUT2D eigenvalue weighted by atomic mass is 16.6. The Hall–Kier alpha value is -3.72. The summed E-state index contributed by atoms with van der Waals surface area (Å²) >= 11 is 0. The van der Waals surface area contributed by atoms with Gasteiger partial charge in [-0.25, -0.2) is 14.6 Å². The minimum Gasteiger partial charge on any atom is -0.458 e. The van der Waals surface area contributed by atoms with Gasteiger partial charge < -0.3 is 19.7 Å². The predicted octanol–water partition coefficient (Wildman–Crippen LogP) is 4.40. The number of aromatic nitrogens is 2. The Morgan fingerprint density at radius 2 is 1.92 bits per heavy atom. The Morgan fingerprint density at radius 1 is 1.11 bits per heavy atom. The summed E-state index contributed by atoms with van der Waals surface area (Å²) in [5.74, 6) is -0.748. The number of nitrogens with zero attached hydrogens (tertiary/aromatic N) is 3. The molecule has 2 amide bonds. The van der Waals surface area contributed by atoms with E-state index in [1.165, 1.54) is 6.42 Å². The minimum absolute atomic E-state index is 0.0837. The van der Waals surface area contributed by atoms with Gasteiger partial charge in [-0.2, -0.15) is 0 Å². The molecule has 37 heavy (non-hydrogen) atoms. The zero-order chi connectivity index (χ0) is 25.9. The fourth-order valence-corrected chi connectivity index (χ4v) is 5.88. The Kier molecular flexibility index (Phi) is 5.56. The first-order chi connectivity index (χ1) is 17.9. The number of anilines is 2. The first-order valence-electron chi connectivity index (χ1n) is 13.1. The predicted molar refractivity (Wildman–Crippen MR) is 140 cm³/mol. The number of aliphatic hydroxyl groups is 1. The Morgan fingerprint density at radius 3 is 2.70 bits per heavy atom. The molecule has 3 aliphatic rings. The fourth-order valence-electron chi connectivity index (χ4n) is 5.88. The van der Waals surface area contributed by atoms with Crippen molar-refractivity contribution >= 4 is 34.3 Å².